The molecule has 0 radical (unpaired) electrons. The molecule has 0 saturated heterocycles. The van der Waals surface area contributed by atoms with E-state index in [0.717, 1.165) is 19.2 Å². The molecule has 0 bridgehead atoms. The molecule has 26 heavy (non-hydrogen) atoms. The first-order valence-electron chi connectivity index (χ1n) is 7.68. The lowest BCUT2D eigenvalue weighted by Gasteiger charge is -2.32. The summed E-state index contributed by atoms with van der Waals surface area (Å²) in [4.78, 5) is 53.2. The number of aryl methyl sites for hydroxylation is 1. The number of esters is 1. The van der Waals surface area contributed by atoms with Gasteiger partial charge >= 0.3 is 11.4 Å². The summed E-state index contributed by atoms with van der Waals surface area (Å²) < 4.78 is 30.9. The van der Waals surface area contributed by atoms with Crippen LogP contribution in [0.4, 0.5) is 8.78 Å². The predicted molar refractivity (Wildman–Crippen MR) is 85.9 cm³/mol. The maximum absolute atomic E-state index is 13.1. The zero-order valence-corrected chi connectivity index (χ0v) is 15.0. The molecule has 1 fully saturated rings. The summed E-state index contributed by atoms with van der Waals surface area (Å²) in [6, 6.07) is 1.89. The Balaban J connectivity index is 2.43. The number of pyridine rings is 1. The van der Waals surface area contributed by atoms with E-state index in [1.807, 2.05) is 0 Å². The third kappa shape index (κ3) is 3.38. The van der Waals surface area contributed by atoms with Gasteiger partial charge in [-0.1, -0.05) is 0 Å². The topological polar surface area (TPSA) is 90.4 Å². The third-order valence-electron chi connectivity index (χ3n) is 4.54. The Hall–Kier alpha value is -2.22. The van der Waals surface area contributed by atoms with E-state index in [-0.39, 0.29) is 24.1 Å². The number of ether oxygens (including phenoxy) is 1. The van der Waals surface area contributed by atoms with E-state index in [1.165, 1.54) is 13.8 Å². The largest absolute Gasteiger partial charge is 0.468 e. The average Bonchev–Trinajstić information content (AvgIpc) is 2.56. The molecule has 1 saturated carbocycles. The molecule has 1 aliphatic carbocycles. The number of ketones is 3. The molecule has 2 rings (SSSR count). The maximum Gasteiger partial charge on any atom is 0.364 e. The van der Waals surface area contributed by atoms with Gasteiger partial charge in [0.15, 0.2) is 17.3 Å². The fourth-order valence-electron chi connectivity index (χ4n) is 2.93. The molecule has 6 nitrogen and oxygen atoms in total. The van der Waals surface area contributed by atoms with Crippen molar-refractivity contribution in [2.45, 2.75) is 32.1 Å². The van der Waals surface area contributed by atoms with Gasteiger partial charge in [0.2, 0.25) is 0 Å². The molecule has 0 amide bonds. The standard InChI is InChI=1S/C17H16ClF2NO5/c1-8-9(4-5-11(21-8)17(18,19)20)13(23)12-10(22)6-7-16(2,14(12)24)15(25)26-3/h4-5,12H,6-7H2,1-3H3. The van der Waals surface area contributed by atoms with Gasteiger partial charge in [-0.25, -0.2) is 4.98 Å². The van der Waals surface area contributed by atoms with E-state index in [1.54, 1.807) is 0 Å². The molecule has 1 aliphatic rings. The molecule has 0 spiro atoms. The van der Waals surface area contributed by atoms with Crippen molar-refractivity contribution in [1.82, 2.24) is 4.98 Å². The first-order valence-corrected chi connectivity index (χ1v) is 8.05. The molecule has 0 aliphatic heterocycles. The highest BCUT2D eigenvalue weighted by atomic mass is 35.5. The minimum Gasteiger partial charge on any atom is -0.468 e. The number of nitrogens with zero attached hydrogens (tertiary/aromatic N) is 1. The highest BCUT2D eigenvalue weighted by Crippen LogP contribution is 2.37. The van der Waals surface area contributed by atoms with Crippen molar-refractivity contribution >= 4 is 34.9 Å². The van der Waals surface area contributed by atoms with Crippen LogP contribution in [0.15, 0.2) is 12.1 Å². The second-order valence-corrected chi connectivity index (χ2v) is 6.75. The lowest BCUT2D eigenvalue weighted by atomic mass is 9.67. The number of aromatic nitrogens is 1. The Labute approximate surface area is 152 Å². The van der Waals surface area contributed by atoms with Crippen LogP contribution >= 0.6 is 11.6 Å². The van der Waals surface area contributed by atoms with E-state index in [4.69, 9.17) is 11.6 Å². The fourth-order valence-corrected chi connectivity index (χ4v) is 3.04. The lowest BCUT2D eigenvalue weighted by Crippen LogP contribution is -2.50. The summed E-state index contributed by atoms with van der Waals surface area (Å²) in [5, 5.41) is -3.72. The molecule has 2 unspecified atom stereocenters. The monoisotopic (exact) mass is 387 g/mol. The van der Waals surface area contributed by atoms with Crippen LogP contribution in [0.5, 0.6) is 0 Å². The predicted octanol–water partition coefficient (Wildman–Crippen LogP) is 2.59. The SMILES string of the molecule is COC(=O)C1(C)CCC(=O)C(C(=O)c2ccc(C(F)(F)Cl)nc2C)C1=O. The summed E-state index contributed by atoms with van der Waals surface area (Å²) in [5.74, 6) is -4.91. The summed E-state index contributed by atoms with van der Waals surface area (Å²) in [6.07, 6.45) is -0.214. The van der Waals surface area contributed by atoms with E-state index < -0.39 is 45.7 Å². The van der Waals surface area contributed by atoms with Gasteiger partial charge in [0.05, 0.1) is 7.11 Å². The van der Waals surface area contributed by atoms with Crippen LogP contribution in [-0.4, -0.2) is 35.4 Å². The van der Waals surface area contributed by atoms with E-state index in [2.05, 4.69) is 9.72 Å². The van der Waals surface area contributed by atoms with Crippen molar-refractivity contribution in [3.05, 3.63) is 29.1 Å². The first-order chi connectivity index (χ1) is 11.9. The molecular formula is C17H16ClF2NO5. The molecule has 0 aromatic carbocycles. The Kier molecular flexibility index (Phi) is 5.28. The smallest absolute Gasteiger partial charge is 0.364 e. The van der Waals surface area contributed by atoms with Gasteiger partial charge in [-0.05, 0) is 44.0 Å². The van der Waals surface area contributed by atoms with E-state index >= 15 is 0 Å². The van der Waals surface area contributed by atoms with E-state index in [9.17, 15) is 28.0 Å². The average molecular weight is 388 g/mol. The molecule has 1 heterocycles. The van der Waals surface area contributed by atoms with Crippen LogP contribution in [0, 0.1) is 18.3 Å². The van der Waals surface area contributed by atoms with Crippen molar-refractivity contribution in [3.63, 3.8) is 0 Å². The summed E-state index contributed by atoms with van der Waals surface area (Å²) in [5.41, 5.74) is -2.63. The van der Waals surface area contributed by atoms with Crippen molar-refractivity contribution < 1.29 is 32.7 Å². The second-order valence-electron chi connectivity index (χ2n) is 6.28. The molecule has 9 heteroatoms. The zero-order chi connectivity index (χ0) is 19.9. The molecular weight excluding hydrogens is 372 g/mol. The minimum absolute atomic E-state index is 0.0598. The van der Waals surface area contributed by atoms with Gasteiger partial charge in [-0.15, -0.1) is 0 Å². The van der Waals surface area contributed by atoms with Crippen molar-refractivity contribution in [2.24, 2.45) is 11.3 Å². The second kappa shape index (κ2) is 6.83. The molecule has 0 N–H and O–H groups in total. The number of methoxy groups -OCH3 is 1. The Morgan fingerprint density at radius 3 is 2.46 bits per heavy atom. The lowest BCUT2D eigenvalue weighted by molar-refractivity contribution is -0.161. The number of hydrogen-bond acceptors (Lipinski definition) is 6. The van der Waals surface area contributed by atoms with Crippen LogP contribution in [0.3, 0.4) is 0 Å². The molecule has 2 atom stereocenters. The minimum atomic E-state index is -3.72. The van der Waals surface area contributed by atoms with Gasteiger partial charge in [0, 0.05) is 17.7 Å². The Bertz CT molecular complexity index is 805. The third-order valence-corrected chi connectivity index (χ3v) is 4.73. The number of carbonyl (C=O) groups is 4. The molecule has 1 aromatic rings. The zero-order valence-electron chi connectivity index (χ0n) is 14.3. The van der Waals surface area contributed by atoms with Crippen LogP contribution < -0.4 is 0 Å². The highest BCUT2D eigenvalue weighted by Gasteiger charge is 2.53. The van der Waals surface area contributed by atoms with Crippen LogP contribution in [0.25, 0.3) is 0 Å². The number of rotatable bonds is 4. The summed E-state index contributed by atoms with van der Waals surface area (Å²) in [6.45, 7) is 2.60. The van der Waals surface area contributed by atoms with E-state index in [0.29, 0.717) is 0 Å². The number of alkyl halides is 3. The van der Waals surface area contributed by atoms with Gasteiger partial charge in [0.25, 0.3) is 0 Å². The Morgan fingerprint density at radius 2 is 1.96 bits per heavy atom. The summed E-state index contributed by atoms with van der Waals surface area (Å²) >= 11 is 4.91. The number of halogens is 3. The fraction of sp³-hybridized carbons (Fsp3) is 0.471. The van der Waals surface area contributed by atoms with Crippen molar-refractivity contribution in [2.75, 3.05) is 7.11 Å². The first kappa shape index (κ1) is 20.1. The van der Waals surface area contributed by atoms with Gasteiger partial charge in [-0.3, -0.25) is 19.2 Å². The van der Waals surface area contributed by atoms with Crippen molar-refractivity contribution in [1.29, 1.82) is 0 Å². The van der Waals surface area contributed by atoms with Crippen molar-refractivity contribution in [3.8, 4) is 0 Å². The van der Waals surface area contributed by atoms with Crippen LogP contribution in [-0.2, 0) is 24.5 Å². The summed E-state index contributed by atoms with van der Waals surface area (Å²) in [7, 11) is 1.10. The number of carbonyl (C=O) groups excluding carboxylic acids is 4. The quantitative estimate of drug-likeness (QED) is 0.341. The maximum atomic E-state index is 13.1. The molecule has 140 valence electrons. The van der Waals surface area contributed by atoms with Gasteiger partial charge < -0.3 is 4.74 Å². The van der Waals surface area contributed by atoms with Crippen LogP contribution in [0.1, 0.15) is 41.5 Å². The number of Topliss-reactive ketones (excluding diaryl/α,β-unsaturated/α-hetero) is 3. The van der Waals surface area contributed by atoms with Crippen LogP contribution in [0.2, 0.25) is 0 Å². The van der Waals surface area contributed by atoms with Gasteiger partial charge in [-0.2, -0.15) is 8.78 Å². The molecule has 1 aromatic heterocycles. The highest BCUT2D eigenvalue weighted by molar-refractivity contribution is 6.29. The Morgan fingerprint density at radius 1 is 1.35 bits per heavy atom. The van der Waals surface area contributed by atoms with Gasteiger partial charge in [0.1, 0.15) is 17.0 Å². The normalized spacial score (nSPS) is 23.7. The number of hydrogen-bond donors (Lipinski definition) is 0.